The topological polar surface area (TPSA) is 79.4 Å². The van der Waals surface area contributed by atoms with E-state index < -0.39 is 0 Å². The molecule has 0 amide bonds. The second-order valence-electron chi connectivity index (χ2n) is 2.51. The number of benzene rings is 1. The Labute approximate surface area is 79.8 Å². The minimum absolute atomic E-state index is 0.669. The lowest BCUT2D eigenvalue weighted by atomic mass is 10.2. The van der Waals surface area contributed by atoms with E-state index in [1.807, 2.05) is 24.4 Å². The zero-order chi connectivity index (χ0) is 9.80. The van der Waals surface area contributed by atoms with Crippen LogP contribution in [-0.4, -0.2) is 20.2 Å². The van der Waals surface area contributed by atoms with Gasteiger partial charge in [-0.05, 0) is 22.6 Å². The summed E-state index contributed by atoms with van der Waals surface area (Å²) in [5.74, 6) is 0. The van der Waals surface area contributed by atoms with Crippen LogP contribution in [0.3, 0.4) is 0 Å². The van der Waals surface area contributed by atoms with Crippen LogP contribution < -0.4 is 5.32 Å². The summed E-state index contributed by atoms with van der Waals surface area (Å²) < 4.78 is 1.49. The van der Waals surface area contributed by atoms with Crippen molar-refractivity contribution < 1.29 is 0 Å². The van der Waals surface area contributed by atoms with Gasteiger partial charge in [-0.25, -0.2) is 0 Å². The standard InChI is InChI=1S/C8H6N6/c9-5-10-7-3-1-2-4-8(7)14-6-11-12-13-14/h1-4,6,10H. The quantitative estimate of drug-likeness (QED) is 0.547. The van der Waals surface area contributed by atoms with E-state index in [4.69, 9.17) is 5.26 Å². The summed E-state index contributed by atoms with van der Waals surface area (Å²) in [6.07, 6.45) is 3.32. The highest BCUT2D eigenvalue weighted by Gasteiger charge is 2.03. The predicted octanol–water partition coefficient (Wildman–Crippen LogP) is 0.555. The Kier molecular flexibility index (Phi) is 2.07. The SMILES string of the molecule is N#CNc1ccccc1-n1cnnn1. The largest absolute Gasteiger partial charge is 0.291 e. The normalized spacial score (nSPS) is 9.36. The van der Waals surface area contributed by atoms with Gasteiger partial charge in [0.1, 0.15) is 6.33 Å². The number of hydrogen-bond donors (Lipinski definition) is 1. The molecule has 0 unspecified atom stereocenters. The molecule has 2 aromatic rings. The molecule has 1 aromatic heterocycles. The maximum Gasteiger partial charge on any atom is 0.181 e. The molecule has 14 heavy (non-hydrogen) atoms. The van der Waals surface area contributed by atoms with Crippen molar-refractivity contribution in [3.05, 3.63) is 30.6 Å². The first kappa shape index (κ1) is 8.19. The lowest BCUT2D eigenvalue weighted by molar-refractivity contribution is 0.790. The Hall–Kier alpha value is -2.42. The van der Waals surface area contributed by atoms with E-state index in [9.17, 15) is 0 Å². The van der Waals surface area contributed by atoms with Gasteiger partial charge in [0.25, 0.3) is 0 Å². The highest BCUT2D eigenvalue weighted by molar-refractivity contribution is 5.62. The van der Waals surface area contributed by atoms with Crippen molar-refractivity contribution in [1.82, 2.24) is 20.2 Å². The molecule has 0 spiro atoms. The van der Waals surface area contributed by atoms with Crippen LogP contribution in [0.4, 0.5) is 5.69 Å². The first-order chi connectivity index (χ1) is 6.92. The molecule has 0 radical (unpaired) electrons. The van der Waals surface area contributed by atoms with Gasteiger partial charge in [-0.3, -0.25) is 5.32 Å². The molecule has 0 fully saturated rings. The fourth-order valence-corrected chi connectivity index (χ4v) is 1.11. The number of nitriles is 1. The Morgan fingerprint density at radius 2 is 2.21 bits per heavy atom. The van der Waals surface area contributed by atoms with Crippen molar-refractivity contribution in [2.45, 2.75) is 0 Å². The summed E-state index contributed by atoms with van der Waals surface area (Å²) in [7, 11) is 0. The second kappa shape index (κ2) is 3.53. The molecule has 1 heterocycles. The van der Waals surface area contributed by atoms with Gasteiger partial charge in [0, 0.05) is 0 Å². The van der Waals surface area contributed by atoms with Gasteiger partial charge < -0.3 is 0 Å². The van der Waals surface area contributed by atoms with E-state index in [1.165, 1.54) is 11.0 Å². The average molecular weight is 186 g/mol. The van der Waals surface area contributed by atoms with Gasteiger partial charge in [-0.1, -0.05) is 12.1 Å². The smallest absolute Gasteiger partial charge is 0.181 e. The number of nitrogens with zero attached hydrogens (tertiary/aromatic N) is 5. The third-order valence-corrected chi connectivity index (χ3v) is 1.69. The Bertz CT molecular complexity index is 455. The molecule has 2 rings (SSSR count). The van der Waals surface area contributed by atoms with E-state index in [0.29, 0.717) is 5.69 Å². The maximum atomic E-state index is 8.52. The first-order valence-electron chi connectivity index (χ1n) is 3.89. The fourth-order valence-electron chi connectivity index (χ4n) is 1.11. The van der Waals surface area contributed by atoms with Crippen LogP contribution in [0.15, 0.2) is 30.6 Å². The highest BCUT2D eigenvalue weighted by Crippen LogP contribution is 2.17. The lowest BCUT2D eigenvalue weighted by Crippen LogP contribution is -2.00. The fraction of sp³-hybridized carbons (Fsp3) is 0. The van der Waals surface area contributed by atoms with Crippen molar-refractivity contribution >= 4 is 5.69 Å². The van der Waals surface area contributed by atoms with E-state index in [0.717, 1.165) is 5.69 Å². The molecule has 1 N–H and O–H groups in total. The number of anilines is 1. The van der Waals surface area contributed by atoms with Gasteiger partial charge in [-0.2, -0.15) is 9.94 Å². The number of hydrogen-bond acceptors (Lipinski definition) is 5. The summed E-state index contributed by atoms with van der Waals surface area (Å²) in [5, 5.41) is 21.9. The second-order valence-corrected chi connectivity index (χ2v) is 2.51. The average Bonchev–Trinajstić information content (AvgIpc) is 2.72. The maximum absolute atomic E-state index is 8.52. The van der Waals surface area contributed by atoms with Gasteiger partial charge in [-0.15, -0.1) is 5.10 Å². The summed E-state index contributed by atoms with van der Waals surface area (Å²) in [6, 6.07) is 7.27. The molecule has 0 saturated carbocycles. The van der Waals surface area contributed by atoms with E-state index >= 15 is 0 Å². The van der Waals surface area contributed by atoms with Crippen molar-refractivity contribution in [1.29, 1.82) is 5.26 Å². The molecule has 68 valence electrons. The van der Waals surface area contributed by atoms with Crippen molar-refractivity contribution in [2.24, 2.45) is 0 Å². The monoisotopic (exact) mass is 186 g/mol. The third kappa shape index (κ3) is 1.38. The van der Waals surface area contributed by atoms with Gasteiger partial charge in [0.2, 0.25) is 0 Å². The Balaban J connectivity index is 2.48. The van der Waals surface area contributed by atoms with Gasteiger partial charge >= 0.3 is 0 Å². The van der Waals surface area contributed by atoms with E-state index in [-0.39, 0.29) is 0 Å². The molecule has 0 bridgehead atoms. The van der Waals surface area contributed by atoms with Crippen LogP contribution >= 0.6 is 0 Å². The number of nitrogens with one attached hydrogen (secondary N) is 1. The number of aromatic nitrogens is 4. The zero-order valence-corrected chi connectivity index (χ0v) is 7.12. The molecule has 1 aromatic carbocycles. The molecular weight excluding hydrogens is 180 g/mol. The molecule has 0 aliphatic carbocycles. The summed E-state index contributed by atoms with van der Waals surface area (Å²) in [5.41, 5.74) is 1.40. The minimum atomic E-state index is 0.669. The third-order valence-electron chi connectivity index (χ3n) is 1.69. The van der Waals surface area contributed by atoms with Crippen LogP contribution in [0.5, 0.6) is 0 Å². The number of para-hydroxylation sites is 2. The molecule has 0 aliphatic heterocycles. The van der Waals surface area contributed by atoms with Crippen LogP contribution in [0.2, 0.25) is 0 Å². The molecule has 6 nitrogen and oxygen atoms in total. The lowest BCUT2D eigenvalue weighted by Gasteiger charge is -2.04. The Morgan fingerprint density at radius 1 is 1.36 bits per heavy atom. The summed E-state index contributed by atoms with van der Waals surface area (Å²) in [6.45, 7) is 0. The first-order valence-corrected chi connectivity index (χ1v) is 3.89. The van der Waals surface area contributed by atoms with Crippen LogP contribution in [0.25, 0.3) is 5.69 Å². The zero-order valence-electron chi connectivity index (χ0n) is 7.12. The Morgan fingerprint density at radius 3 is 2.93 bits per heavy atom. The molecular formula is C8H6N6. The minimum Gasteiger partial charge on any atom is -0.291 e. The van der Waals surface area contributed by atoms with Crippen molar-refractivity contribution in [3.8, 4) is 11.9 Å². The number of tetrazole rings is 1. The van der Waals surface area contributed by atoms with Crippen LogP contribution in [0, 0.1) is 11.5 Å². The van der Waals surface area contributed by atoms with Gasteiger partial charge in [0.05, 0.1) is 11.4 Å². The highest BCUT2D eigenvalue weighted by atomic mass is 15.5. The molecule has 6 heteroatoms. The van der Waals surface area contributed by atoms with Crippen LogP contribution in [0.1, 0.15) is 0 Å². The van der Waals surface area contributed by atoms with Crippen molar-refractivity contribution in [2.75, 3.05) is 5.32 Å². The van der Waals surface area contributed by atoms with E-state index in [2.05, 4.69) is 20.8 Å². The predicted molar refractivity (Wildman–Crippen MR) is 48.4 cm³/mol. The number of rotatable bonds is 2. The summed E-state index contributed by atoms with van der Waals surface area (Å²) >= 11 is 0. The molecule has 0 aliphatic rings. The molecule has 0 saturated heterocycles. The molecule has 0 atom stereocenters. The van der Waals surface area contributed by atoms with Crippen molar-refractivity contribution in [3.63, 3.8) is 0 Å². The van der Waals surface area contributed by atoms with Gasteiger partial charge in [0.15, 0.2) is 6.19 Å². The van der Waals surface area contributed by atoms with E-state index in [1.54, 1.807) is 6.07 Å². The summed E-state index contributed by atoms with van der Waals surface area (Å²) in [4.78, 5) is 0. The van der Waals surface area contributed by atoms with Crippen LogP contribution in [-0.2, 0) is 0 Å².